The summed E-state index contributed by atoms with van der Waals surface area (Å²) in [5.41, 5.74) is 13.6. The van der Waals surface area contributed by atoms with Crippen molar-refractivity contribution < 1.29 is 16.3 Å². The first-order chi connectivity index (χ1) is 10.9. The number of imidazole rings is 1. The van der Waals surface area contributed by atoms with Gasteiger partial charge in [-0.25, -0.2) is 4.98 Å². The van der Waals surface area contributed by atoms with E-state index in [4.69, 9.17) is 17.4 Å². The standard InChI is InChI=1S/C10H12N8O4/c11-10-14-7-5(8(21)15-10)13-2-18(7)9-4(16-17-12)6(20)3(1-19)22-9/h2-4,6,9,19-20H,1H2,(H3,11,14,15,21)/t3-,4-,6-,9-/m1/s1/i1D/t1?,3-,4-,6-,9-. The van der Waals surface area contributed by atoms with Crippen LogP contribution in [0.15, 0.2) is 16.2 Å². The van der Waals surface area contributed by atoms with Gasteiger partial charge < -0.3 is 20.7 Å². The van der Waals surface area contributed by atoms with Crippen LogP contribution >= 0.6 is 0 Å². The van der Waals surface area contributed by atoms with Gasteiger partial charge >= 0.3 is 0 Å². The van der Waals surface area contributed by atoms with Crippen LogP contribution in [0.1, 0.15) is 7.60 Å². The van der Waals surface area contributed by atoms with Crippen LogP contribution in [-0.4, -0.2) is 54.6 Å². The molecule has 12 heteroatoms. The monoisotopic (exact) mass is 309 g/mol. The summed E-state index contributed by atoms with van der Waals surface area (Å²) >= 11 is 0. The van der Waals surface area contributed by atoms with E-state index < -0.39 is 36.6 Å². The van der Waals surface area contributed by atoms with Crippen molar-refractivity contribution >= 4 is 17.1 Å². The number of aromatic nitrogens is 4. The number of hydrogen-bond donors (Lipinski definition) is 4. The molecule has 116 valence electrons. The molecule has 5 atom stereocenters. The number of nitrogens with one attached hydrogen (secondary N) is 1. The molecule has 5 N–H and O–H groups in total. The van der Waals surface area contributed by atoms with Gasteiger partial charge in [0.25, 0.3) is 5.56 Å². The van der Waals surface area contributed by atoms with Crippen LogP contribution in [-0.2, 0) is 4.74 Å². The van der Waals surface area contributed by atoms with E-state index in [9.17, 15) is 15.0 Å². The van der Waals surface area contributed by atoms with Crippen LogP contribution in [0.5, 0.6) is 0 Å². The first-order valence-electron chi connectivity index (χ1n) is 6.72. The van der Waals surface area contributed by atoms with E-state index in [1.165, 1.54) is 10.9 Å². The molecule has 0 radical (unpaired) electrons. The summed E-state index contributed by atoms with van der Waals surface area (Å²) in [6.45, 7) is -1.75. The van der Waals surface area contributed by atoms with Gasteiger partial charge in [-0.2, -0.15) is 4.98 Å². The number of fused-ring (bicyclic) bond motifs is 1. The molecule has 0 aliphatic carbocycles. The fraction of sp³-hybridized carbons (Fsp3) is 0.500. The molecule has 22 heavy (non-hydrogen) atoms. The Kier molecular flexibility index (Phi) is 3.12. The van der Waals surface area contributed by atoms with E-state index in [-0.39, 0.29) is 17.1 Å². The molecule has 3 rings (SSSR count). The van der Waals surface area contributed by atoms with Crippen molar-refractivity contribution in [3.8, 4) is 0 Å². The molecule has 1 aliphatic rings. The van der Waals surface area contributed by atoms with E-state index in [2.05, 4.69) is 25.0 Å². The molecule has 2 aromatic rings. The molecule has 0 amide bonds. The zero-order chi connectivity index (χ0) is 16.7. The predicted octanol–water partition coefficient (Wildman–Crippen LogP) is -1.37. The molecule has 3 heterocycles. The van der Waals surface area contributed by atoms with Gasteiger partial charge in [0.2, 0.25) is 5.95 Å². The molecule has 2 aromatic heterocycles. The molecule has 0 bridgehead atoms. The lowest BCUT2D eigenvalue weighted by Crippen LogP contribution is -2.31. The third kappa shape index (κ3) is 2.07. The molecular formula is C10H12N8O4. The maximum absolute atomic E-state index is 11.8. The van der Waals surface area contributed by atoms with Crippen LogP contribution in [0.2, 0.25) is 0 Å². The van der Waals surface area contributed by atoms with E-state index in [1.807, 2.05) is 0 Å². The van der Waals surface area contributed by atoms with Crippen molar-refractivity contribution in [2.24, 2.45) is 5.11 Å². The Morgan fingerprint density at radius 3 is 3.18 bits per heavy atom. The number of ether oxygens (including phenoxy) is 1. The SMILES string of the molecule is [2H]C(O)[C@H]1O[C@@H](n2cnc3c(=O)[nH]c(N)nc32)[C@H](N=[N+]=[N-])[C@@H]1O. The number of H-pyrrole nitrogens is 1. The first-order valence-corrected chi connectivity index (χ1v) is 6.14. The number of nitrogen functional groups attached to an aromatic ring is 1. The second-order valence-electron chi connectivity index (χ2n) is 4.60. The summed E-state index contributed by atoms with van der Waals surface area (Å²) in [5.74, 6) is -0.153. The molecule has 0 spiro atoms. The Balaban J connectivity index is 2.13. The van der Waals surface area contributed by atoms with Gasteiger partial charge in [0.1, 0.15) is 18.4 Å². The molecule has 1 fully saturated rings. The number of azide groups is 1. The number of aromatic amines is 1. The average molecular weight is 309 g/mol. The highest BCUT2D eigenvalue weighted by Gasteiger charge is 2.44. The summed E-state index contributed by atoms with van der Waals surface area (Å²) in [7, 11) is 0. The zero-order valence-electron chi connectivity index (χ0n) is 11.9. The van der Waals surface area contributed by atoms with E-state index in [0.717, 1.165) is 0 Å². The highest BCUT2D eigenvalue weighted by molar-refractivity contribution is 5.70. The van der Waals surface area contributed by atoms with Gasteiger partial charge in [-0.3, -0.25) is 14.3 Å². The lowest BCUT2D eigenvalue weighted by atomic mass is 10.1. The molecular weight excluding hydrogens is 296 g/mol. The molecule has 1 saturated heterocycles. The Bertz CT molecular complexity index is 843. The lowest BCUT2D eigenvalue weighted by Gasteiger charge is -2.16. The van der Waals surface area contributed by atoms with Gasteiger partial charge in [-0.1, -0.05) is 5.11 Å². The van der Waals surface area contributed by atoms with Crippen LogP contribution in [0, 0.1) is 0 Å². The molecule has 1 aliphatic heterocycles. The summed E-state index contributed by atoms with van der Waals surface area (Å²) in [6, 6.07) is -1.15. The van der Waals surface area contributed by atoms with Crippen molar-refractivity contribution in [1.82, 2.24) is 19.5 Å². The van der Waals surface area contributed by atoms with Crippen LogP contribution in [0.4, 0.5) is 5.95 Å². The van der Waals surface area contributed by atoms with Crippen molar-refractivity contribution in [3.63, 3.8) is 0 Å². The van der Waals surface area contributed by atoms with Gasteiger partial charge in [0, 0.05) is 4.91 Å². The fourth-order valence-corrected chi connectivity index (χ4v) is 2.35. The molecule has 1 unspecified atom stereocenters. The number of hydrogen-bond acceptors (Lipinski definition) is 8. The highest BCUT2D eigenvalue weighted by Crippen LogP contribution is 2.33. The lowest BCUT2D eigenvalue weighted by molar-refractivity contribution is -0.0436. The highest BCUT2D eigenvalue weighted by atomic mass is 16.5. The van der Waals surface area contributed by atoms with E-state index in [1.54, 1.807) is 0 Å². The van der Waals surface area contributed by atoms with Crippen LogP contribution < -0.4 is 11.3 Å². The smallest absolute Gasteiger partial charge is 0.280 e. The normalized spacial score (nSPS) is 30.0. The maximum Gasteiger partial charge on any atom is 0.280 e. The third-order valence-corrected chi connectivity index (χ3v) is 3.33. The molecule has 0 saturated carbocycles. The largest absolute Gasteiger partial charge is 0.394 e. The van der Waals surface area contributed by atoms with Gasteiger partial charge in [-0.15, -0.1) is 0 Å². The average Bonchev–Trinajstić information content (AvgIpc) is 3.02. The number of nitrogens with two attached hydrogens (primary N) is 1. The number of aliphatic hydroxyl groups is 2. The maximum atomic E-state index is 11.8. The Labute approximate surface area is 123 Å². The minimum atomic E-state index is -1.75. The minimum absolute atomic E-state index is 0.0214. The van der Waals surface area contributed by atoms with Crippen molar-refractivity contribution in [2.75, 3.05) is 12.3 Å². The second kappa shape index (κ2) is 5.27. The van der Waals surface area contributed by atoms with E-state index in [0.29, 0.717) is 0 Å². The quantitative estimate of drug-likeness (QED) is 0.305. The van der Waals surface area contributed by atoms with Crippen molar-refractivity contribution in [1.29, 1.82) is 0 Å². The number of nitrogens with zero attached hydrogens (tertiary/aromatic N) is 6. The van der Waals surface area contributed by atoms with Crippen molar-refractivity contribution in [3.05, 3.63) is 27.1 Å². The Morgan fingerprint density at radius 1 is 1.73 bits per heavy atom. The summed E-state index contributed by atoms with van der Waals surface area (Å²) < 4.78 is 14.0. The molecule has 0 aromatic carbocycles. The Morgan fingerprint density at radius 2 is 2.50 bits per heavy atom. The summed E-state index contributed by atoms with van der Waals surface area (Å²) in [5, 5.41) is 22.9. The van der Waals surface area contributed by atoms with Crippen molar-refractivity contribution in [2.45, 2.75) is 24.5 Å². The molecule has 12 nitrogen and oxygen atoms in total. The first kappa shape index (κ1) is 13.0. The summed E-state index contributed by atoms with van der Waals surface area (Å²) in [6.07, 6.45) is -2.61. The summed E-state index contributed by atoms with van der Waals surface area (Å²) in [4.78, 5) is 24.5. The predicted molar refractivity (Wildman–Crippen MR) is 72.5 cm³/mol. The van der Waals surface area contributed by atoms with Gasteiger partial charge in [0.05, 0.1) is 20.4 Å². The fourth-order valence-electron chi connectivity index (χ4n) is 2.35. The van der Waals surface area contributed by atoms with Gasteiger partial charge in [0.15, 0.2) is 11.2 Å². The number of anilines is 1. The van der Waals surface area contributed by atoms with Gasteiger partial charge in [-0.05, 0) is 5.53 Å². The Hall–Kier alpha value is -2.66. The topological polar surface area (TPSA) is 188 Å². The zero-order valence-corrected chi connectivity index (χ0v) is 10.9. The number of rotatable bonds is 3. The minimum Gasteiger partial charge on any atom is -0.394 e. The van der Waals surface area contributed by atoms with Crippen LogP contribution in [0.3, 0.4) is 0 Å². The third-order valence-electron chi connectivity index (χ3n) is 3.33. The number of aliphatic hydroxyl groups excluding tert-OH is 2. The van der Waals surface area contributed by atoms with E-state index >= 15 is 0 Å². The van der Waals surface area contributed by atoms with Crippen LogP contribution in [0.25, 0.3) is 21.6 Å². The second-order valence-corrected chi connectivity index (χ2v) is 4.60.